The zero-order valence-corrected chi connectivity index (χ0v) is 14.0. The molecule has 0 radical (unpaired) electrons. The third-order valence-electron chi connectivity index (χ3n) is 4.30. The highest BCUT2D eigenvalue weighted by Crippen LogP contribution is 2.22. The summed E-state index contributed by atoms with van der Waals surface area (Å²) in [5.74, 6) is 0.738. The van der Waals surface area contributed by atoms with Gasteiger partial charge in [0.25, 0.3) is 0 Å². The van der Waals surface area contributed by atoms with Crippen LogP contribution in [0.4, 0.5) is 0 Å². The average Bonchev–Trinajstić information content (AvgIpc) is 2.28. The fourth-order valence-electron chi connectivity index (χ4n) is 2.56. The molecule has 0 saturated carbocycles. The smallest absolute Gasteiger partial charge is 0.0600 e. The van der Waals surface area contributed by atoms with E-state index in [1.165, 1.54) is 6.42 Å². The van der Waals surface area contributed by atoms with Gasteiger partial charge >= 0.3 is 0 Å². The number of piperazine rings is 1. The Morgan fingerprint density at radius 1 is 1.37 bits per heavy atom. The van der Waals surface area contributed by atoms with Gasteiger partial charge in [-0.2, -0.15) is 0 Å². The predicted octanol–water partition coefficient (Wildman–Crippen LogP) is 2.90. The van der Waals surface area contributed by atoms with Gasteiger partial charge in [0.1, 0.15) is 0 Å². The maximum absolute atomic E-state index is 5.89. The summed E-state index contributed by atoms with van der Waals surface area (Å²) in [5, 5.41) is 3.71. The molecule has 114 valence electrons. The molecule has 0 aromatic heterocycles. The van der Waals surface area contributed by atoms with Crippen LogP contribution in [0.25, 0.3) is 0 Å². The molecule has 0 aromatic rings. The summed E-state index contributed by atoms with van der Waals surface area (Å²) in [5.41, 5.74) is 0.194. The second kappa shape index (κ2) is 6.55. The van der Waals surface area contributed by atoms with Crippen LogP contribution in [0.15, 0.2) is 0 Å². The van der Waals surface area contributed by atoms with Crippen LogP contribution in [0.2, 0.25) is 0 Å². The van der Waals surface area contributed by atoms with Crippen molar-refractivity contribution in [1.29, 1.82) is 0 Å². The Hall–Kier alpha value is -0.120. The van der Waals surface area contributed by atoms with Gasteiger partial charge in [0.05, 0.1) is 12.2 Å². The molecule has 1 rings (SSSR count). The largest absolute Gasteiger partial charge is 0.375 e. The van der Waals surface area contributed by atoms with Crippen molar-refractivity contribution in [2.45, 2.75) is 72.1 Å². The van der Waals surface area contributed by atoms with Crippen LogP contribution in [0.3, 0.4) is 0 Å². The summed E-state index contributed by atoms with van der Waals surface area (Å²) < 4.78 is 5.89. The molecule has 1 saturated heterocycles. The van der Waals surface area contributed by atoms with Gasteiger partial charge in [-0.25, -0.2) is 0 Å². The Kier molecular flexibility index (Phi) is 5.84. The molecule has 0 spiro atoms. The summed E-state index contributed by atoms with van der Waals surface area (Å²) in [6.45, 7) is 19.7. The Bertz CT molecular complexity index is 270. The lowest BCUT2D eigenvalue weighted by Gasteiger charge is -2.47. The minimum Gasteiger partial charge on any atom is -0.375 e. The molecule has 1 aliphatic heterocycles. The molecule has 0 amide bonds. The molecule has 1 N–H and O–H groups in total. The number of rotatable bonds is 5. The van der Waals surface area contributed by atoms with Crippen LogP contribution < -0.4 is 5.32 Å². The third-order valence-corrected chi connectivity index (χ3v) is 4.30. The highest BCUT2D eigenvalue weighted by atomic mass is 16.5. The van der Waals surface area contributed by atoms with Gasteiger partial charge in [-0.3, -0.25) is 4.90 Å². The molecular formula is C16H34N2O. The fraction of sp³-hybridized carbons (Fsp3) is 1.00. The zero-order valence-electron chi connectivity index (χ0n) is 14.0. The first-order chi connectivity index (χ1) is 8.65. The highest BCUT2D eigenvalue weighted by molar-refractivity contribution is 4.94. The van der Waals surface area contributed by atoms with Crippen molar-refractivity contribution in [3.8, 4) is 0 Å². The minimum atomic E-state index is -0.0334. The fourth-order valence-corrected chi connectivity index (χ4v) is 2.56. The molecule has 1 heterocycles. The highest BCUT2D eigenvalue weighted by Gasteiger charge is 2.35. The number of ether oxygens (including phenoxy) is 1. The van der Waals surface area contributed by atoms with E-state index in [1.54, 1.807) is 0 Å². The van der Waals surface area contributed by atoms with Gasteiger partial charge in [-0.1, -0.05) is 20.3 Å². The van der Waals surface area contributed by atoms with Gasteiger partial charge in [0, 0.05) is 31.2 Å². The zero-order chi connectivity index (χ0) is 14.7. The summed E-state index contributed by atoms with van der Waals surface area (Å²) in [7, 11) is 0. The van der Waals surface area contributed by atoms with Crippen molar-refractivity contribution in [3.63, 3.8) is 0 Å². The van der Waals surface area contributed by atoms with Crippen LogP contribution in [-0.4, -0.2) is 48.3 Å². The summed E-state index contributed by atoms with van der Waals surface area (Å²) in [6, 6.07) is 0.618. The van der Waals surface area contributed by atoms with Crippen molar-refractivity contribution in [3.05, 3.63) is 0 Å². The Labute approximate surface area is 120 Å². The first-order valence-electron chi connectivity index (χ1n) is 7.78. The second-order valence-electron chi connectivity index (χ2n) is 7.59. The van der Waals surface area contributed by atoms with E-state index in [-0.39, 0.29) is 11.1 Å². The van der Waals surface area contributed by atoms with Crippen molar-refractivity contribution < 1.29 is 4.74 Å². The van der Waals surface area contributed by atoms with Gasteiger partial charge in [0.2, 0.25) is 0 Å². The van der Waals surface area contributed by atoms with Crippen LogP contribution in [0.5, 0.6) is 0 Å². The van der Waals surface area contributed by atoms with Crippen molar-refractivity contribution in [2.24, 2.45) is 5.92 Å². The molecule has 1 aliphatic rings. The third kappa shape index (κ3) is 5.41. The van der Waals surface area contributed by atoms with E-state index in [9.17, 15) is 0 Å². The van der Waals surface area contributed by atoms with Crippen molar-refractivity contribution >= 4 is 0 Å². The Morgan fingerprint density at radius 2 is 2.00 bits per heavy atom. The topological polar surface area (TPSA) is 24.5 Å². The maximum atomic E-state index is 5.89. The predicted molar refractivity (Wildman–Crippen MR) is 82.6 cm³/mol. The molecule has 19 heavy (non-hydrogen) atoms. The molecule has 0 aromatic carbocycles. The Balaban J connectivity index is 2.51. The summed E-state index contributed by atoms with van der Waals surface area (Å²) in [6.07, 6.45) is 1.24. The maximum Gasteiger partial charge on any atom is 0.0600 e. The lowest BCUT2D eigenvalue weighted by molar-refractivity contribution is -0.0356. The van der Waals surface area contributed by atoms with Crippen LogP contribution in [-0.2, 0) is 4.74 Å². The molecule has 2 unspecified atom stereocenters. The molecule has 3 heteroatoms. The van der Waals surface area contributed by atoms with Crippen molar-refractivity contribution in [2.75, 3.05) is 26.2 Å². The van der Waals surface area contributed by atoms with Crippen LogP contribution >= 0.6 is 0 Å². The summed E-state index contributed by atoms with van der Waals surface area (Å²) >= 11 is 0. The molecular weight excluding hydrogens is 236 g/mol. The average molecular weight is 270 g/mol. The van der Waals surface area contributed by atoms with Crippen molar-refractivity contribution in [1.82, 2.24) is 10.2 Å². The SMILES string of the molecule is CCC(C)C1CN(CCOC(C)(C)C)C(C)(C)CN1. The quantitative estimate of drug-likeness (QED) is 0.831. The molecule has 2 atom stereocenters. The summed E-state index contributed by atoms with van der Waals surface area (Å²) in [4.78, 5) is 2.59. The van der Waals surface area contributed by atoms with Gasteiger partial charge in [0.15, 0.2) is 0 Å². The van der Waals surface area contributed by atoms with E-state index >= 15 is 0 Å². The van der Waals surface area contributed by atoms with Gasteiger partial charge in [-0.15, -0.1) is 0 Å². The molecule has 3 nitrogen and oxygen atoms in total. The molecule has 0 aliphatic carbocycles. The normalized spacial score (nSPS) is 26.4. The van der Waals surface area contributed by atoms with Gasteiger partial charge in [-0.05, 0) is 40.5 Å². The number of nitrogens with zero attached hydrogens (tertiary/aromatic N) is 1. The van der Waals surface area contributed by atoms with Gasteiger partial charge < -0.3 is 10.1 Å². The monoisotopic (exact) mass is 270 g/mol. The Morgan fingerprint density at radius 3 is 2.53 bits per heavy atom. The number of nitrogens with one attached hydrogen (secondary N) is 1. The van der Waals surface area contributed by atoms with E-state index in [4.69, 9.17) is 4.74 Å². The van der Waals surface area contributed by atoms with E-state index in [2.05, 4.69) is 58.7 Å². The standard InChI is InChI=1S/C16H34N2O/c1-8-13(2)14-11-18(16(6,7)12-17-14)9-10-19-15(3,4)5/h13-14,17H,8-12H2,1-7H3. The van der Waals surface area contributed by atoms with E-state index in [0.717, 1.165) is 32.2 Å². The number of hydrogen-bond acceptors (Lipinski definition) is 3. The second-order valence-corrected chi connectivity index (χ2v) is 7.59. The van der Waals surface area contributed by atoms with E-state index in [0.29, 0.717) is 6.04 Å². The lowest BCUT2D eigenvalue weighted by atomic mass is 9.91. The molecule has 0 bridgehead atoms. The molecule has 1 fully saturated rings. The first kappa shape index (κ1) is 16.9. The lowest BCUT2D eigenvalue weighted by Crippen LogP contribution is -2.63. The van der Waals surface area contributed by atoms with Crippen LogP contribution in [0.1, 0.15) is 54.9 Å². The van der Waals surface area contributed by atoms with E-state index in [1.807, 2.05) is 0 Å². The number of hydrogen-bond donors (Lipinski definition) is 1. The first-order valence-corrected chi connectivity index (χ1v) is 7.78. The minimum absolute atomic E-state index is 0.0334. The van der Waals surface area contributed by atoms with Crippen LogP contribution in [0, 0.1) is 5.92 Å². The van der Waals surface area contributed by atoms with E-state index < -0.39 is 0 Å².